The molecule has 41 heavy (non-hydrogen) atoms. The fourth-order valence-corrected chi connectivity index (χ4v) is 6.11. The molecule has 2 atom stereocenters. The molecule has 2 amide bonds. The third-order valence-electron chi connectivity index (χ3n) is 8.24. The molecule has 2 fully saturated rings. The average molecular weight is 570 g/mol. The Bertz CT molecular complexity index is 1190. The molecule has 11 heteroatoms. The third-order valence-corrected chi connectivity index (χ3v) is 8.24. The quantitative estimate of drug-likeness (QED) is 0.344. The Morgan fingerprint density at radius 3 is 2.54 bits per heavy atom. The molecule has 1 saturated carbocycles. The number of likely N-dealkylation sites (N-methyl/N-ethyl adjacent to an activating group) is 1. The molecule has 10 nitrogen and oxygen atoms in total. The first-order valence-electron chi connectivity index (χ1n) is 14.5. The number of halogens is 1. The number of carbonyl (C=O) groups excluding carboxylic acids is 2. The number of hydrazine groups is 1. The lowest BCUT2D eigenvalue weighted by Crippen LogP contribution is -2.42. The van der Waals surface area contributed by atoms with Gasteiger partial charge in [0.25, 0.3) is 0 Å². The highest BCUT2D eigenvalue weighted by atomic mass is 19.1. The van der Waals surface area contributed by atoms with Gasteiger partial charge in [0.2, 0.25) is 11.7 Å². The van der Waals surface area contributed by atoms with Gasteiger partial charge in [0.05, 0.1) is 5.92 Å². The summed E-state index contributed by atoms with van der Waals surface area (Å²) in [6, 6.07) is 9.63. The van der Waals surface area contributed by atoms with Gasteiger partial charge in [-0.25, -0.2) is 14.8 Å². The van der Waals surface area contributed by atoms with Crippen LogP contribution in [0.2, 0.25) is 0 Å². The van der Waals surface area contributed by atoms with Crippen molar-refractivity contribution in [3.63, 3.8) is 0 Å². The molecular weight excluding hydrogens is 525 g/mol. The fraction of sp³-hybridized carbons (Fsp3) is 0.600. The summed E-state index contributed by atoms with van der Waals surface area (Å²) in [5.74, 6) is -0.525. The second-order valence-corrected chi connectivity index (χ2v) is 12.2. The molecule has 2 aliphatic rings. The molecule has 0 bridgehead atoms. The first-order valence-corrected chi connectivity index (χ1v) is 14.5. The maximum Gasteiger partial charge on any atom is 0.407 e. The Balaban J connectivity index is 1.39. The number of anilines is 2. The van der Waals surface area contributed by atoms with Crippen LogP contribution >= 0.6 is 0 Å². The van der Waals surface area contributed by atoms with Crippen molar-refractivity contribution in [2.24, 2.45) is 17.3 Å². The molecule has 0 spiro atoms. The highest BCUT2D eigenvalue weighted by Gasteiger charge is 2.42. The normalized spacial score (nSPS) is 19.3. The van der Waals surface area contributed by atoms with E-state index < -0.39 is 17.8 Å². The van der Waals surface area contributed by atoms with Gasteiger partial charge in [0.15, 0.2) is 11.6 Å². The number of amides is 2. The van der Waals surface area contributed by atoms with Gasteiger partial charge in [-0.3, -0.25) is 15.6 Å². The molecule has 0 radical (unpaired) electrons. The molecule has 1 saturated heterocycles. The van der Waals surface area contributed by atoms with Gasteiger partial charge < -0.3 is 19.9 Å². The second kappa shape index (κ2) is 13.5. The lowest BCUT2D eigenvalue weighted by Gasteiger charge is -2.30. The van der Waals surface area contributed by atoms with E-state index in [0.29, 0.717) is 31.3 Å². The fourth-order valence-electron chi connectivity index (χ4n) is 6.11. The number of carbonyl (C=O) groups is 2. The lowest BCUT2D eigenvalue weighted by atomic mass is 9.87. The van der Waals surface area contributed by atoms with Gasteiger partial charge in [-0.2, -0.15) is 4.39 Å². The van der Waals surface area contributed by atoms with E-state index in [-0.39, 0.29) is 42.2 Å². The van der Waals surface area contributed by atoms with Crippen LogP contribution < -0.4 is 21.1 Å². The summed E-state index contributed by atoms with van der Waals surface area (Å²) in [4.78, 5) is 38.4. The summed E-state index contributed by atoms with van der Waals surface area (Å²) in [5.41, 5.74) is 6.17. The molecule has 1 aliphatic heterocycles. The van der Waals surface area contributed by atoms with Crippen LogP contribution in [0.1, 0.15) is 57.3 Å². The monoisotopic (exact) mass is 569 g/mol. The number of benzene rings is 1. The van der Waals surface area contributed by atoms with Gasteiger partial charge in [-0.15, -0.1) is 0 Å². The molecule has 1 aliphatic carbocycles. The Kier molecular flexibility index (Phi) is 10.0. The van der Waals surface area contributed by atoms with E-state index in [9.17, 15) is 9.59 Å². The smallest absolute Gasteiger partial charge is 0.407 e. The summed E-state index contributed by atoms with van der Waals surface area (Å²) in [7, 11) is 4.06. The van der Waals surface area contributed by atoms with Crippen LogP contribution in [0.4, 0.5) is 20.8 Å². The number of alkyl carbamates (subject to hydrolysis) is 1. The highest BCUT2D eigenvalue weighted by Crippen LogP contribution is 2.36. The number of hydrogen-bond donors (Lipinski definition) is 3. The molecule has 224 valence electrons. The van der Waals surface area contributed by atoms with Gasteiger partial charge in [0.1, 0.15) is 12.4 Å². The minimum absolute atomic E-state index is 0.0562. The van der Waals surface area contributed by atoms with Crippen molar-refractivity contribution in [2.75, 3.05) is 44.1 Å². The number of nitrogens with one attached hydrogen (secondary N) is 3. The molecule has 1 aromatic heterocycles. The lowest BCUT2D eigenvalue weighted by molar-refractivity contribution is -0.124. The Morgan fingerprint density at radius 2 is 1.88 bits per heavy atom. The third kappa shape index (κ3) is 8.06. The zero-order chi connectivity index (χ0) is 29.6. The van der Waals surface area contributed by atoms with Gasteiger partial charge in [-0.1, -0.05) is 69.9 Å². The summed E-state index contributed by atoms with van der Waals surface area (Å²) in [6.45, 7) is 7.57. The zero-order valence-electron chi connectivity index (χ0n) is 24.9. The maximum absolute atomic E-state index is 15.7. The molecule has 1 unspecified atom stereocenters. The van der Waals surface area contributed by atoms with Crippen molar-refractivity contribution in [1.82, 2.24) is 25.6 Å². The molecule has 3 N–H and O–H groups in total. The van der Waals surface area contributed by atoms with Gasteiger partial charge in [-0.05, 0) is 44.3 Å². The minimum atomic E-state index is -0.610. The SMILES string of the molecule is Cc1nc(NNC(=O)[C@@H](CNC(=O)OCc2ccccc2)CC2CCCC2)c(F)c(N2CC(N(C)C)C(C)(C)C2)n1. The highest BCUT2D eigenvalue weighted by molar-refractivity contribution is 5.81. The first kappa shape index (κ1) is 30.5. The Labute approximate surface area is 242 Å². The Morgan fingerprint density at radius 1 is 1.17 bits per heavy atom. The summed E-state index contributed by atoms with van der Waals surface area (Å²) >= 11 is 0. The summed E-state index contributed by atoms with van der Waals surface area (Å²) in [6.07, 6.45) is 4.42. The largest absolute Gasteiger partial charge is 0.445 e. The van der Waals surface area contributed by atoms with Gasteiger partial charge in [0, 0.05) is 25.7 Å². The number of rotatable bonds is 11. The van der Waals surface area contributed by atoms with E-state index in [0.717, 1.165) is 31.2 Å². The van der Waals surface area contributed by atoms with Crippen molar-refractivity contribution < 1.29 is 18.7 Å². The summed E-state index contributed by atoms with van der Waals surface area (Å²) < 4.78 is 21.0. The molecule has 1 aromatic carbocycles. The Hall–Kier alpha value is -3.47. The second-order valence-electron chi connectivity index (χ2n) is 12.2. The maximum atomic E-state index is 15.7. The van der Waals surface area contributed by atoms with Crippen LogP contribution in [0.5, 0.6) is 0 Å². The number of aryl methyl sites for hydroxylation is 1. The molecule has 2 aromatic rings. The molecular formula is C30H44FN7O3. The molecule has 4 rings (SSSR count). The van der Waals surface area contributed by atoms with Crippen molar-refractivity contribution in [3.8, 4) is 0 Å². The van der Waals surface area contributed by atoms with Crippen LogP contribution in [0, 0.1) is 30.0 Å². The topological polar surface area (TPSA) is 112 Å². The predicted octanol–water partition coefficient (Wildman–Crippen LogP) is 4.27. The van der Waals surface area contributed by atoms with Crippen LogP contribution in [0.25, 0.3) is 0 Å². The van der Waals surface area contributed by atoms with Crippen LogP contribution in [0.3, 0.4) is 0 Å². The summed E-state index contributed by atoms with van der Waals surface area (Å²) in [5, 5.41) is 2.73. The van der Waals surface area contributed by atoms with Crippen molar-refractivity contribution >= 4 is 23.6 Å². The van der Waals surface area contributed by atoms with E-state index in [1.165, 1.54) is 0 Å². The number of ether oxygens (including phenoxy) is 1. The van der Waals surface area contributed by atoms with Crippen molar-refractivity contribution in [2.45, 2.75) is 65.5 Å². The van der Waals surface area contributed by atoms with E-state index in [2.05, 4.69) is 44.9 Å². The number of aromatic nitrogens is 2. The van der Waals surface area contributed by atoms with Crippen molar-refractivity contribution in [3.05, 3.63) is 47.5 Å². The van der Waals surface area contributed by atoms with Gasteiger partial charge >= 0.3 is 6.09 Å². The molecule has 2 heterocycles. The standard InChI is InChI=1S/C30H44FN7O3/c1-20-33-26(25(31)27(34-20)38-17-24(37(4)5)30(2,3)19-38)35-36-28(39)23(15-21-11-9-10-12-21)16-32-29(40)41-18-22-13-7-6-8-14-22/h6-8,13-14,21,23-24H,9-12,15-19H2,1-5H3,(H,32,40)(H,36,39)(H,33,34,35)/t23-,24?/m1/s1. The van der Waals surface area contributed by atoms with E-state index in [1.807, 2.05) is 49.3 Å². The zero-order valence-corrected chi connectivity index (χ0v) is 24.9. The van der Waals surface area contributed by atoms with E-state index >= 15 is 4.39 Å². The van der Waals surface area contributed by atoms with Crippen molar-refractivity contribution in [1.29, 1.82) is 0 Å². The van der Waals surface area contributed by atoms with Crippen LogP contribution in [-0.2, 0) is 16.1 Å². The van der Waals surface area contributed by atoms with Crippen LogP contribution in [-0.4, -0.2) is 66.6 Å². The van der Waals surface area contributed by atoms with E-state index in [1.54, 1.807) is 6.92 Å². The van der Waals surface area contributed by atoms with Crippen LogP contribution in [0.15, 0.2) is 30.3 Å². The first-order chi connectivity index (χ1) is 19.5. The predicted molar refractivity (Wildman–Crippen MR) is 157 cm³/mol. The minimum Gasteiger partial charge on any atom is -0.445 e. The number of hydrogen-bond acceptors (Lipinski definition) is 8. The average Bonchev–Trinajstić information content (AvgIpc) is 3.57. The van der Waals surface area contributed by atoms with E-state index in [4.69, 9.17) is 4.74 Å². The number of nitrogens with zero attached hydrogens (tertiary/aromatic N) is 4.